The molecule has 6 rings (SSSR count). The van der Waals surface area contributed by atoms with Gasteiger partial charge in [0.15, 0.2) is 11.4 Å². The monoisotopic (exact) mass is 478 g/mol. The maximum Gasteiger partial charge on any atom is 0.156 e. The van der Waals surface area contributed by atoms with E-state index in [4.69, 9.17) is 0 Å². The van der Waals surface area contributed by atoms with E-state index in [2.05, 4.69) is 67.3 Å². The summed E-state index contributed by atoms with van der Waals surface area (Å²) < 4.78 is 0. The van der Waals surface area contributed by atoms with Crippen LogP contribution in [-0.2, 0) is 4.79 Å². The van der Waals surface area contributed by atoms with E-state index < -0.39 is 17.1 Å². The fourth-order valence-electron chi connectivity index (χ4n) is 7.93. The number of hydrogen-bond donors (Lipinski definition) is 2. The first-order chi connectivity index (χ1) is 17.4. The Balaban J connectivity index is 1.50. The summed E-state index contributed by atoms with van der Waals surface area (Å²) in [5.41, 5.74) is 5.74. The van der Waals surface area contributed by atoms with Gasteiger partial charge in [-0.2, -0.15) is 0 Å². The quantitative estimate of drug-likeness (QED) is 0.522. The van der Waals surface area contributed by atoms with Gasteiger partial charge in [0.05, 0.1) is 6.10 Å². The van der Waals surface area contributed by atoms with Crippen LogP contribution in [0.15, 0.2) is 77.4 Å². The molecule has 0 aromatic heterocycles. The summed E-state index contributed by atoms with van der Waals surface area (Å²) >= 11 is 0. The highest BCUT2D eigenvalue weighted by molar-refractivity contribution is 5.93. The highest BCUT2D eigenvalue weighted by Crippen LogP contribution is 2.66. The highest BCUT2D eigenvalue weighted by Gasteiger charge is 2.66. The van der Waals surface area contributed by atoms with Crippen LogP contribution in [0.4, 0.5) is 0 Å². The number of carbonyl (C=O) groups excluding carboxylic acids is 1. The van der Waals surface area contributed by atoms with Crippen LogP contribution in [0.2, 0.25) is 0 Å². The highest BCUT2D eigenvalue weighted by atomic mass is 16.3. The number of carbonyl (C=O) groups is 1. The third-order valence-corrected chi connectivity index (χ3v) is 9.69. The summed E-state index contributed by atoms with van der Waals surface area (Å²) in [6, 6.07) is 19.3. The average Bonchev–Trinajstić information content (AvgIpc) is 3.09. The smallest absolute Gasteiger partial charge is 0.156 e. The van der Waals surface area contributed by atoms with Crippen molar-refractivity contribution >= 4 is 5.78 Å². The molecule has 3 heteroatoms. The molecule has 6 atom stereocenters. The number of allylic oxidation sites excluding steroid dienone is 4. The van der Waals surface area contributed by atoms with Gasteiger partial charge >= 0.3 is 0 Å². The maximum atomic E-state index is 12.3. The summed E-state index contributed by atoms with van der Waals surface area (Å²) in [5.74, 6) is 6.79. The molecule has 184 valence electrons. The number of fused-ring (bicyclic) bond motifs is 4. The van der Waals surface area contributed by atoms with Crippen LogP contribution in [0, 0.1) is 29.1 Å². The second-order valence-corrected chi connectivity index (χ2v) is 11.4. The molecule has 0 unspecified atom stereocenters. The standard InChI is InChI=1S/C33H34O3/c1-3-17-33(36)30(35)19-29-27-15-13-24-18-25(34)14-16-26(24)31(27)28(20-32(29,33)2)23-11-9-22(10-12-23)21-7-5-4-6-8-21/h4-12,18,27-30,35-36H,13-16,19-20H2,1-2H3/t27-,28+,29-,30+,32-,33-/m0/s1. The molecule has 0 amide bonds. The first-order valence-corrected chi connectivity index (χ1v) is 13.3. The lowest BCUT2D eigenvalue weighted by Crippen LogP contribution is -2.54. The lowest BCUT2D eigenvalue weighted by Gasteiger charge is -2.53. The number of hydrogen-bond acceptors (Lipinski definition) is 3. The van der Waals surface area contributed by atoms with Crippen LogP contribution in [0.3, 0.4) is 0 Å². The summed E-state index contributed by atoms with van der Waals surface area (Å²) in [6.45, 7) is 3.90. The molecule has 2 fully saturated rings. The van der Waals surface area contributed by atoms with Crippen LogP contribution >= 0.6 is 0 Å². The Hall–Kier alpha value is -2.93. The molecule has 2 aromatic carbocycles. The van der Waals surface area contributed by atoms with Crippen molar-refractivity contribution < 1.29 is 15.0 Å². The van der Waals surface area contributed by atoms with E-state index in [1.807, 2.05) is 12.1 Å². The van der Waals surface area contributed by atoms with Crippen molar-refractivity contribution in [2.75, 3.05) is 0 Å². The van der Waals surface area contributed by atoms with E-state index in [0.29, 0.717) is 12.8 Å². The van der Waals surface area contributed by atoms with Crippen LogP contribution in [0.25, 0.3) is 11.1 Å². The maximum absolute atomic E-state index is 12.3. The minimum absolute atomic E-state index is 0.128. The van der Waals surface area contributed by atoms with Gasteiger partial charge in [0.25, 0.3) is 0 Å². The molecule has 4 aliphatic rings. The second kappa shape index (κ2) is 8.58. The van der Waals surface area contributed by atoms with Crippen LogP contribution < -0.4 is 0 Å². The molecular formula is C33H34O3. The Morgan fingerprint density at radius 1 is 0.972 bits per heavy atom. The largest absolute Gasteiger partial charge is 0.389 e. The number of aliphatic hydroxyl groups excluding tert-OH is 1. The zero-order valence-corrected chi connectivity index (χ0v) is 21.1. The zero-order chi connectivity index (χ0) is 25.1. The average molecular weight is 479 g/mol. The Labute approximate surface area is 213 Å². The Morgan fingerprint density at radius 2 is 1.69 bits per heavy atom. The van der Waals surface area contributed by atoms with Crippen LogP contribution in [0.5, 0.6) is 0 Å². The van der Waals surface area contributed by atoms with Crippen molar-refractivity contribution in [2.24, 2.45) is 17.3 Å². The van der Waals surface area contributed by atoms with Gasteiger partial charge in [-0.3, -0.25) is 4.79 Å². The first kappa shape index (κ1) is 23.5. The molecule has 0 bridgehead atoms. The van der Waals surface area contributed by atoms with Gasteiger partial charge in [0.1, 0.15) is 0 Å². The van der Waals surface area contributed by atoms with Crippen molar-refractivity contribution in [1.29, 1.82) is 0 Å². The Bertz CT molecular complexity index is 1320. The summed E-state index contributed by atoms with van der Waals surface area (Å²) in [7, 11) is 0. The number of aliphatic hydroxyl groups is 2. The molecule has 2 N–H and O–H groups in total. The Kier molecular flexibility index (Phi) is 5.59. The molecule has 0 heterocycles. The van der Waals surface area contributed by atoms with E-state index in [9.17, 15) is 15.0 Å². The third kappa shape index (κ3) is 3.39. The van der Waals surface area contributed by atoms with Gasteiger partial charge in [-0.05, 0) is 84.8 Å². The van der Waals surface area contributed by atoms with Gasteiger partial charge in [-0.25, -0.2) is 0 Å². The summed E-state index contributed by atoms with van der Waals surface area (Å²) in [6.07, 6.45) is 5.57. The number of ketones is 1. The molecule has 0 spiro atoms. The van der Waals surface area contributed by atoms with E-state index in [1.165, 1.54) is 33.4 Å². The molecule has 0 aliphatic heterocycles. The lowest BCUT2D eigenvalue weighted by molar-refractivity contribution is -0.114. The molecule has 0 saturated heterocycles. The number of rotatable bonds is 2. The van der Waals surface area contributed by atoms with Crippen molar-refractivity contribution in [2.45, 2.75) is 70.0 Å². The normalized spacial score (nSPS) is 35.2. The van der Waals surface area contributed by atoms with Crippen LogP contribution in [0.1, 0.15) is 63.9 Å². The minimum atomic E-state index is -1.41. The molecule has 2 aromatic rings. The molecule has 0 radical (unpaired) electrons. The van der Waals surface area contributed by atoms with Gasteiger partial charge in [-0.1, -0.05) is 73.0 Å². The summed E-state index contributed by atoms with van der Waals surface area (Å²) in [5, 5.41) is 23.0. The molecular weight excluding hydrogens is 444 g/mol. The Morgan fingerprint density at radius 3 is 2.42 bits per heavy atom. The van der Waals surface area contributed by atoms with Crippen molar-refractivity contribution in [3.63, 3.8) is 0 Å². The minimum Gasteiger partial charge on any atom is -0.389 e. The van der Waals surface area contributed by atoms with Crippen molar-refractivity contribution in [3.05, 3.63) is 83.0 Å². The number of benzene rings is 2. The fraction of sp³-hybridized carbons (Fsp3) is 0.424. The van der Waals surface area contributed by atoms with Gasteiger partial charge in [0.2, 0.25) is 0 Å². The van der Waals surface area contributed by atoms with E-state index in [1.54, 1.807) is 6.92 Å². The molecule has 36 heavy (non-hydrogen) atoms. The molecule has 2 saturated carbocycles. The van der Waals surface area contributed by atoms with Gasteiger partial charge in [0, 0.05) is 17.8 Å². The predicted octanol–water partition coefficient (Wildman–Crippen LogP) is 5.98. The molecule has 4 aliphatic carbocycles. The summed E-state index contributed by atoms with van der Waals surface area (Å²) in [4.78, 5) is 12.3. The third-order valence-electron chi connectivity index (χ3n) is 9.69. The fourth-order valence-corrected chi connectivity index (χ4v) is 7.93. The van der Waals surface area contributed by atoms with E-state index in [0.717, 1.165) is 25.7 Å². The zero-order valence-electron chi connectivity index (χ0n) is 21.1. The van der Waals surface area contributed by atoms with Gasteiger partial charge in [-0.15, -0.1) is 5.92 Å². The SMILES string of the molecule is CC#C[C@]1(O)[C@H](O)C[C@H]2[C@@H]3CCC4=CC(=O)CCC4=C3[C@@H](c3ccc(-c4ccccc4)cc3)C[C@@]21C. The first-order valence-electron chi connectivity index (χ1n) is 13.3. The van der Waals surface area contributed by atoms with Crippen LogP contribution in [-0.4, -0.2) is 27.7 Å². The van der Waals surface area contributed by atoms with E-state index >= 15 is 0 Å². The van der Waals surface area contributed by atoms with Crippen molar-refractivity contribution in [1.82, 2.24) is 0 Å². The topological polar surface area (TPSA) is 57.5 Å². The second-order valence-electron chi connectivity index (χ2n) is 11.4. The van der Waals surface area contributed by atoms with E-state index in [-0.39, 0.29) is 23.5 Å². The molecule has 3 nitrogen and oxygen atoms in total. The van der Waals surface area contributed by atoms with Crippen molar-refractivity contribution in [3.8, 4) is 23.0 Å². The van der Waals surface area contributed by atoms with Gasteiger partial charge < -0.3 is 10.2 Å². The predicted molar refractivity (Wildman–Crippen MR) is 142 cm³/mol. The lowest BCUT2D eigenvalue weighted by atomic mass is 9.51.